The van der Waals surface area contributed by atoms with Crippen molar-refractivity contribution >= 4 is 23.4 Å². The predicted molar refractivity (Wildman–Crippen MR) is 86.5 cm³/mol. The molecule has 1 unspecified atom stereocenters. The van der Waals surface area contributed by atoms with Crippen molar-refractivity contribution in [2.24, 2.45) is 11.3 Å². The summed E-state index contributed by atoms with van der Waals surface area (Å²) in [7, 11) is 0. The monoisotopic (exact) mass is 323 g/mol. The molecule has 120 valence electrons. The molecule has 0 saturated carbocycles. The van der Waals surface area contributed by atoms with Crippen molar-refractivity contribution in [3.05, 3.63) is 23.5 Å². The van der Waals surface area contributed by atoms with Gasteiger partial charge >= 0.3 is 6.09 Å². The number of halogens is 1. The fourth-order valence-corrected chi connectivity index (χ4v) is 3.96. The van der Waals surface area contributed by atoms with Gasteiger partial charge in [-0.2, -0.15) is 0 Å². The Bertz CT molecular complexity index is 570. The van der Waals surface area contributed by atoms with Crippen LogP contribution >= 0.6 is 11.6 Å². The number of fused-ring (bicyclic) bond motifs is 1. The van der Waals surface area contributed by atoms with E-state index in [-0.39, 0.29) is 17.5 Å². The average Bonchev–Trinajstić information content (AvgIpc) is 2.95. The van der Waals surface area contributed by atoms with Gasteiger partial charge in [0.25, 0.3) is 0 Å². The molecule has 5 nitrogen and oxygen atoms in total. The van der Waals surface area contributed by atoms with Crippen LogP contribution in [0.2, 0.25) is 5.15 Å². The van der Waals surface area contributed by atoms with Crippen molar-refractivity contribution in [2.45, 2.75) is 39.3 Å². The molecule has 0 spiro atoms. The third-order valence-electron chi connectivity index (χ3n) is 4.92. The number of hydrogen-bond acceptors (Lipinski definition) is 3. The van der Waals surface area contributed by atoms with Gasteiger partial charge in [-0.05, 0) is 24.0 Å². The Morgan fingerprint density at radius 2 is 2.09 bits per heavy atom. The summed E-state index contributed by atoms with van der Waals surface area (Å²) in [6.45, 7) is 7.97. The number of nitrogens with zero attached hydrogens (tertiary/aromatic N) is 3. The van der Waals surface area contributed by atoms with Crippen LogP contribution in [0.3, 0.4) is 0 Å². The van der Waals surface area contributed by atoms with Gasteiger partial charge in [0.15, 0.2) is 0 Å². The predicted octanol–water partition coefficient (Wildman–Crippen LogP) is 3.34. The highest BCUT2D eigenvalue weighted by molar-refractivity contribution is 6.29. The van der Waals surface area contributed by atoms with Crippen molar-refractivity contribution in [1.82, 2.24) is 9.88 Å². The number of carbonyl (C=O) groups is 1. The maximum Gasteiger partial charge on any atom is 0.407 e. The number of rotatable bonds is 1. The van der Waals surface area contributed by atoms with Gasteiger partial charge in [0.05, 0.1) is 17.9 Å². The lowest BCUT2D eigenvalue weighted by atomic mass is 9.84. The largest absolute Gasteiger partial charge is 0.465 e. The highest BCUT2D eigenvalue weighted by atomic mass is 35.5. The zero-order valence-electron chi connectivity index (χ0n) is 13.2. The molecule has 1 aromatic heterocycles. The average molecular weight is 324 g/mol. The van der Waals surface area contributed by atoms with Crippen LogP contribution < -0.4 is 4.90 Å². The summed E-state index contributed by atoms with van der Waals surface area (Å²) in [6, 6.07) is 3.88. The number of pyridine rings is 1. The second-order valence-electron chi connectivity index (χ2n) is 7.38. The van der Waals surface area contributed by atoms with Crippen LogP contribution in [-0.2, 0) is 0 Å². The van der Waals surface area contributed by atoms with Gasteiger partial charge in [-0.1, -0.05) is 32.4 Å². The topological polar surface area (TPSA) is 56.7 Å². The van der Waals surface area contributed by atoms with E-state index >= 15 is 0 Å². The fourth-order valence-electron chi connectivity index (χ4n) is 3.84. The molecule has 2 saturated heterocycles. The second-order valence-corrected chi connectivity index (χ2v) is 7.77. The smallest absolute Gasteiger partial charge is 0.407 e. The summed E-state index contributed by atoms with van der Waals surface area (Å²) >= 11 is 5.83. The maximum atomic E-state index is 11.8. The number of carboxylic acid groups (broad SMARTS) is 1. The van der Waals surface area contributed by atoms with Crippen molar-refractivity contribution in [2.75, 3.05) is 18.0 Å². The van der Waals surface area contributed by atoms with Crippen molar-refractivity contribution in [1.29, 1.82) is 0 Å². The number of anilines is 1. The summed E-state index contributed by atoms with van der Waals surface area (Å²) in [4.78, 5) is 19.8. The molecule has 3 heterocycles. The van der Waals surface area contributed by atoms with Crippen molar-refractivity contribution in [3.8, 4) is 0 Å². The molecule has 1 aromatic rings. The number of amides is 1. The Morgan fingerprint density at radius 3 is 2.64 bits per heavy atom. The molecule has 2 fully saturated rings. The van der Waals surface area contributed by atoms with E-state index in [0.29, 0.717) is 11.1 Å². The summed E-state index contributed by atoms with van der Waals surface area (Å²) < 4.78 is 0. The van der Waals surface area contributed by atoms with Gasteiger partial charge in [-0.25, -0.2) is 9.78 Å². The van der Waals surface area contributed by atoms with Crippen LogP contribution in [0.1, 0.15) is 27.2 Å². The van der Waals surface area contributed by atoms with E-state index in [1.165, 1.54) is 0 Å². The zero-order chi connectivity index (χ0) is 16.1. The van der Waals surface area contributed by atoms with Crippen LogP contribution in [0, 0.1) is 11.3 Å². The molecular weight excluding hydrogens is 302 g/mol. The van der Waals surface area contributed by atoms with Crippen LogP contribution in [0.5, 0.6) is 0 Å². The maximum absolute atomic E-state index is 11.8. The van der Waals surface area contributed by atoms with E-state index in [2.05, 4.69) is 30.7 Å². The van der Waals surface area contributed by atoms with Gasteiger partial charge in [0, 0.05) is 25.0 Å². The quantitative estimate of drug-likeness (QED) is 0.805. The highest BCUT2D eigenvalue weighted by Gasteiger charge is 2.51. The first-order valence-electron chi connectivity index (χ1n) is 7.65. The summed E-state index contributed by atoms with van der Waals surface area (Å²) in [6.07, 6.45) is 1.89. The van der Waals surface area contributed by atoms with Crippen molar-refractivity contribution < 1.29 is 9.90 Å². The molecule has 22 heavy (non-hydrogen) atoms. The standard InChI is InChI=1S/C16H22ClN3O2/c1-16(2,3)13-6-10-8-19(9-12(10)20(13)15(21)22)11-4-5-14(17)18-7-11/h4-5,7,10,12-13H,6,8-9H2,1-3H3,(H,21,22)/t10-,12+,13?/m1/s1. The van der Waals surface area contributed by atoms with Gasteiger partial charge in [0.2, 0.25) is 0 Å². The SMILES string of the molecule is CC(C)(C)C1C[C@@H]2CN(c3ccc(Cl)nc3)C[C@@H]2N1C(=O)O. The molecule has 6 heteroatoms. The Labute approximate surface area is 135 Å². The normalized spacial score (nSPS) is 28.1. The summed E-state index contributed by atoms with van der Waals surface area (Å²) in [5.41, 5.74) is 0.978. The van der Waals surface area contributed by atoms with Gasteiger partial charge in [-0.15, -0.1) is 0 Å². The molecule has 1 N–H and O–H groups in total. The minimum atomic E-state index is -0.802. The number of hydrogen-bond donors (Lipinski definition) is 1. The van der Waals surface area contributed by atoms with E-state index in [1.807, 2.05) is 6.07 Å². The molecule has 3 rings (SSSR count). The van der Waals surface area contributed by atoms with Crippen LogP contribution in [0.15, 0.2) is 18.3 Å². The Balaban J connectivity index is 1.80. The lowest BCUT2D eigenvalue weighted by Crippen LogP contribution is -2.48. The van der Waals surface area contributed by atoms with Crippen LogP contribution in [-0.4, -0.2) is 46.3 Å². The first kappa shape index (κ1) is 15.4. The molecular formula is C16H22ClN3O2. The summed E-state index contributed by atoms with van der Waals surface area (Å²) in [5, 5.41) is 10.1. The zero-order valence-corrected chi connectivity index (χ0v) is 13.9. The van der Waals surface area contributed by atoms with E-state index < -0.39 is 6.09 Å². The summed E-state index contributed by atoms with van der Waals surface area (Å²) in [5.74, 6) is 0.385. The number of likely N-dealkylation sites (tertiary alicyclic amines) is 1. The van der Waals surface area contributed by atoms with Gasteiger partial charge < -0.3 is 10.0 Å². The van der Waals surface area contributed by atoms with E-state index in [0.717, 1.165) is 25.2 Å². The van der Waals surface area contributed by atoms with Gasteiger partial charge in [0.1, 0.15) is 5.15 Å². The first-order valence-corrected chi connectivity index (χ1v) is 8.03. The second kappa shape index (κ2) is 5.30. The van der Waals surface area contributed by atoms with Crippen molar-refractivity contribution in [3.63, 3.8) is 0 Å². The number of aromatic nitrogens is 1. The Hall–Kier alpha value is -1.49. The third-order valence-corrected chi connectivity index (χ3v) is 5.15. The minimum Gasteiger partial charge on any atom is -0.465 e. The van der Waals surface area contributed by atoms with Gasteiger partial charge in [-0.3, -0.25) is 4.90 Å². The lowest BCUT2D eigenvalue weighted by Gasteiger charge is -2.36. The van der Waals surface area contributed by atoms with Crippen LogP contribution in [0.25, 0.3) is 0 Å². The van der Waals surface area contributed by atoms with E-state index in [4.69, 9.17) is 11.6 Å². The molecule has 3 atom stereocenters. The van der Waals surface area contributed by atoms with E-state index in [1.54, 1.807) is 17.2 Å². The fraction of sp³-hybridized carbons (Fsp3) is 0.625. The third kappa shape index (κ3) is 2.62. The molecule has 0 radical (unpaired) electrons. The highest BCUT2D eigenvalue weighted by Crippen LogP contribution is 2.43. The lowest BCUT2D eigenvalue weighted by molar-refractivity contribution is 0.0889. The molecule has 2 aliphatic rings. The van der Waals surface area contributed by atoms with Crippen LogP contribution in [0.4, 0.5) is 10.5 Å². The molecule has 0 aliphatic carbocycles. The van der Waals surface area contributed by atoms with E-state index in [9.17, 15) is 9.90 Å². The molecule has 2 aliphatic heterocycles. The molecule has 1 amide bonds. The first-order chi connectivity index (χ1) is 10.3. The molecule has 0 aromatic carbocycles. The molecule has 0 bridgehead atoms. The minimum absolute atomic E-state index is 0.0324. The Kier molecular flexibility index (Phi) is 3.71. The Morgan fingerprint density at radius 1 is 1.36 bits per heavy atom.